The molecule has 1 atom stereocenters. The molecule has 1 aromatic carbocycles. The first-order valence-electron chi connectivity index (χ1n) is 6.34. The molecule has 5 nitrogen and oxygen atoms in total. The molecule has 1 amide bonds. The van der Waals surface area contributed by atoms with E-state index in [-0.39, 0.29) is 12.1 Å². The van der Waals surface area contributed by atoms with E-state index in [9.17, 15) is 19.1 Å². The molecule has 1 saturated heterocycles. The molecule has 0 spiro atoms. The van der Waals surface area contributed by atoms with E-state index in [0.717, 1.165) is 0 Å². The monoisotopic (exact) mass is 276 g/mol. The van der Waals surface area contributed by atoms with Gasteiger partial charge in [-0.3, -0.25) is 9.59 Å². The van der Waals surface area contributed by atoms with E-state index in [1.165, 1.54) is 29.3 Å². The molecule has 2 heterocycles. The normalized spacial score (nSPS) is 18.7. The predicted octanol–water partition coefficient (Wildman–Crippen LogP) is 1.08. The Labute approximate surface area is 114 Å². The van der Waals surface area contributed by atoms with Crippen LogP contribution in [0.15, 0.2) is 24.4 Å². The Morgan fingerprint density at radius 1 is 1.40 bits per heavy atom. The second-order valence-electron chi connectivity index (χ2n) is 4.92. The highest BCUT2D eigenvalue weighted by Crippen LogP contribution is 2.21. The number of rotatable bonds is 2. The third kappa shape index (κ3) is 2.08. The molecule has 2 N–H and O–H groups in total. The number of aromatic amines is 1. The molecular formula is C14H13FN2O3. The summed E-state index contributed by atoms with van der Waals surface area (Å²) in [4.78, 5) is 28.5. The molecule has 3 rings (SSSR count). The highest BCUT2D eigenvalue weighted by atomic mass is 19.1. The van der Waals surface area contributed by atoms with E-state index in [4.69, 9.17) is 0 Å². The van der Waals surface area contributed by atoms with Gasteiger partial charge in [0.25, 0.3) is 11.7 Å². The van der Waals surface area contributed by atoms with Crippen LogP contribution in [-0.4, -0.2) is 45.9 Å². The summed E-state index contributed by atoms with van der Waals surface area (Å²) in [7, 11) is 0. The number of nitrogens with one attached hydrogen (secondary N) is 1. The SMILES string of the molecule is O=C(C(=O)N1CC[C@@H](O)C1)c1c[nH]c2ccc(F)cc12. The highest BCUT2D eigenvalue weighted by molar-refractivity contribution is 6.44. The Balaban J connectivity index is 1.92. The van der Waals surface area contributed by atoms with Crippen LogP contribution in [-0.2, 0) is 4.79 Å². The first-order chi connectivity index (χ1) is 9.56. The van der Waals surface area contributed by atoms with Gasteiger partial charge in [0.2, 0.25) is 0 Å². The summed E-state index contributed by atoms with van der Waals surface area (Å²) in [6.07, 6.45) is 1.31. The number of carbonyl (C=O) groups excluding carboxylic acids is 2. The maximum absolute atomic E-state index is 13.3. The summed E-state index contributed by atoms with van der Waals surface area (Å²) < 4.78 is 13.3. The summed E-state index contributed by atoms with van der Waals surface area (Å²) >= 11 is 0. The van der Waals surface area contributed by atoms with Crippen molar-refractivity contribution >= 4 is 22.6 Å². The number of aliphatic hydroxyl groups excluding tert-OH is 1. The van der Waals surface area contributed by atoms with Gasteiger partial charge in [0.05, 0.1) is 11.7 Å². The van der Waals surface area contributed by atoms with Crippen LogP contribution in [0, 0.1) is 5.82 Å². The second kappa shape index (κ2) is 4.72. The molecular weight excluding hydrogens is 263 g/mol. The number of nitrogens with zero attached hydrogens (tertiary/aromatic N) is 1. The van der Waals surface area contributed by atoms with Crippen LogP contribution < -0.4 is 0 Å². The number of β-amino-alcohol motifs (C(OH)–C–C–N with tert-alkyl or cyclic N) is 1. The number of Topliss-reactive ketones (excluding diaryl/α,β-unsaturated/α-hetero) is 1. The van der Waals surface area contributed by atoms with Crippen LogP contribution in [0.2, 0.25) is 0 Å². The average molecular weight is 276 g/mol. The molecule has 6 heteroatoms. The highest BCUT2D eigenvalue weighted by Gasteiger charge is 2.30. The minimum Gasteiger partial charge on any atom is -0.391 e. The molecule has 0 unspecified atom stereocenters. The lowest BCUT2D eigenvalue weighted by molar-refractivity contribution is -0.125. The van der Waals surface area contributed by atoms with E-state index >= 15 is 0 Å². The van der Waals surface area contributed by atoms with Crippen LogP contribution >= 0.6 is 0 Å². The number of fused-ring (bicyclic) bond motifs is 1. The number of benzene rings is 1. The molecule has 0 saturated carbocycles. The standard InChI is InChI=1S/C14H13FN2O3/c15-8-1-2-12-10(5-8)11(6-16-12)13(19)14(20)17-4-3-9(18)7-17/h1-2,5-6,9,16,18H,3-4,7H2/t9-/m1/s1. The lowest BCUT2D eigenvalue weighted by atomic mass is 10.1. The fraction of sp³-hybridized carbons (Fsp3) is 0.286. The third-order valence-electron chi connectivity index (χ3n) is 3.53. The minimum atomic E-state index is -0.684. The number of halogens is 1. The number of likely N-dealkylation sites (tertiary alicyclic amines) is 1. The Morgan fingerprint density at radius 3 is 2.90 bits per heavy atom. The van der Waals surface area contributed by atoms with Crippen LogP contribution in [0.3, 0.4) is 0 Å². The van der Waals surface area contributed by atoms with E-state index in [2.05, 4.69) is 4.98 Å². The number of aromatic nitrogens is 1. The number of hydrogen-bond donors (Lipinski definition) is 2. The summed E-state index contributed by atoms with van der Waals surface area (Å²) in [5.74, 6) is -1.81. The Hall–Kier alpha value is -2.21. The van der Waals surface area contributed by atoms with Crippen LogP contribution in [0.4, 0.5) is 4.39 Å². The van der Waals surface area contributed by atoms with Gasteiger partial charge in [-0.1, -0.05) is 0 Å². The van der Waals surface area contributed by atoms with Crippen molar-refractivity contribution in [3.05, 3.63) is 35.8 Å². The van der Waals surface area contributed by atoms with Crippen molar-refractivity contribution in [3.63, 3.8) is 0 Å². The van der Waals surface area contributed by atoms with E-state index in [0.29, 0.717) is 23.9 Å². The van der Waals surface area contributed by atoms with Crippen LogP contribution in [0.25, 0.3) is 10.9 Å². The van der Waals surface area contributed by atoms with Gasteiger partial charge in [-0.15, -0.1) is 0 Å². The molecule has 1 aliphatic rings. The summed E-state index contributed by atoms with van der Waals surface area (Å²) in [6, 6.07) is 4.03. The van der Waals surface area contributed by atoms with Crippen LogP contribution in [0.5, 0.6) is 0 Å². The topological polar surface area (TPSA) is 73.4 Å². The predicted molar refractivity (Wildman–Crippen MR) is 69.8 cm³/mol. The zero-order chi connectivity index (χ0) is 14.3. The largest absolute Gasteiger partial charge is 0.391 e. The average Bonchev–Trinajstić information content (AvgIpc) is 3.03. The summed E-state index contributed by atoms with van der Waals surface area (Å²) in [6.45, 7) is 0.531. The zero-order valence-electron chi connectivity index (χ0n) is 10.6. The smallest absolute Gasteiger partial charge is 0.295 e. The lowest BCUT2D eigenvalue weighted by Crippen LogP contribution is -2.35. The Kier molecular flexibility index (Phi) is 3.02. The number of amides is 1. The molecule has 0 radical (unpaired) electrons. The van der Waals surface area contributed by atoms with Crippen molar-refractivity contribution in [1.29, 1.82) is 0 Å². The fourth-order valence-electron chi connectivity index (χ4n) is 2.47. The summed E-state index contributed by atoms with van der Waals surface area (Å²) in [5, 5.41) is 9.80. The molecule has 1 aromatic heterocycles. The van der Waals surface area contributed by atoms with Gasteiger partial charge in [0.1, 0.15) is 5.82 Å². The van der Waals surface area contributed by atoms with Gasteiger partial charge >= 0.3 is 0 Å². The molecule has 0 aliphatic carbocycles. The van der Waals surface area contributed by atoms with Crippen molar-refractivity contribution in [3.8, 4) is 0 Å². The molecule has 104 valence electrons. The Morgan fingerprint density at radius 2 is 2.20 bits per heavy atom. The maximum Gasteiger partial charge on any atom is 0.295 e. The number of ketones is 1. The van der Waals surface area contributed by atoms with E-state index in [1.807, 2.05) is 0 Å². The van der Waals surface area contributed by atoms with E-state index in [1.54, 1.807) is 0 Å². The number of aliphatic hydroxyl groups is 1. The van der Waals surface area contributed by atoms with Gasteiger partial charge in [-0.25, -0.2) is 4.39 Å². The zero-order valence-corrected chi connectivity index (χ0v) is 10.6. The van der Waals surface area contributed by atoms with E-state index < -0.39 is 23.6 Å². The van der Waals surface area contributed by atoms with Crippen molar-refractivity contribution in [2.45, 2.75) is 12.5 Å². The number of H-pyrrole nitrogens is 1. The van der Waals surface area contributed by atoms with Crippen molar-refractivity contribution < 1.29 is 19.1 Å². The van der Waals surface area contributed by atoms with Crippen molar-refractivity contribution in [1.82, 2.24) is 9.88 Å². The van der Waals surface area contributed by atoms with Crippen molar-refractivity contribution in [2.75, 3.05) is 13.1 Å². The minimum absolute atomic E-state index is 0.158. The maximum atomic E-state index is 13.3. The molecule has 0 bridgehead atoms. The Bertz CT molecular complexity index is 695. The van der Waals surface area contributed by atoms with Crippen molar-refractivity contribution in [2.24, 2.45) is 0 Å². The van der Waals surface area contributed by atoms with Gasteiger partial charge in [-0.2, -0.15) is 0 Å². The first-order valence-corrected chi connectivity index (χ1v) is 6.34. The quantitative estimate of drug-likeness (QED) is 0.637. The number of hydrogen-bond acceptors (Lipinski definition) is 3. The van der Waals surface area contributed by atoms with Gasteiger partial charge in [-0.05, 0) is 24.6 Å². The molecule has 20 heavy (non-hydrogen) atoms. The molecule has 2 aromatic rings. The third-order valence-corrected chi connectivity index (χ3v) is 3.53. The first kappa shape index (κ1) is 12.8. The molecule has 1 aliphatic heterocycles. The van der Waals surface area contributed by atoms with Gasteiger partial charge in [0.15, 0.2) is 0 Å². The van der Waals surface area contributed by atoms with Gasteiger partial charge in [0, 0.05) is 30.2 Å². The second-order valence-corrected chi connectivity index (χ2v) is 4.92. The fourth-order valence-corrected chi connectivity index (χ4v) is 2.47. The molecule has 1 fully saturated rings. The van der Waals surface area contributed by atoms with Crippen LogP contribution in [0.1, 0.15) is 16.8 Å². The van der Waals surface area contributed by atoms with Gasteiger partial charge < -0.3 is 15.0 Å². The lowest BCUT2D eigenvalue weighted by Gasteiger charge is -2.13. The summed E-state index contributed by atoms with van der Waals surface area (Å²) in [5.41, 5.74) is 0.759. The number of carbonyl (C=O) groups is 2.